The monoisotopic (exact) mass is 330 g/mol. The lowest BCUT2D eigenvalue weighted by molar-refractivity contribution is 0.182. The average molecular weight is 331 g/mol. The molecule has 1 saturated heterocycles. The number of piperidine rings is 1. The van der Waals surface area contributed by atoms with Gasteiger partial charge in [-0.1, -0.05) is 29.8 Å². The van der Waals surface area contributed by atoms with Gasteiger partial charge in [0.05, 0.1) is 11.9 Å². The minimum atomic E-state index is 0.694. The number of aryl methyl sites for hydroxylation is 1. The van der Waals surface area contributed by atoms with E-state index in [-0.39, 0.29) is 0 Å². The first-order valence-electron chi connectivity index (χ1n) is 8.19. The fourth-order valence-corrected chi connectivity index (χ4v) is 3.21. The molecule has 4 nitrogen and oxygen atoms in total. The number of likely N-dealkylation sites (tertiary alicyclic amines) is 1. The van der Waals surface area contributed by atoms with Crippen LogP contribution in [0, 0.1) is 12.8 Å². The second kappa shape index (κ2) is 7.75. The molecular weight excluding hydrogens is 308 g/mol. The van der Waals surface area contributed by atoms with E-state index in [0.717, 1.165) is 42.7 Å². The van der Waals surface area contributed by atoms with Gasteiger partial charge in [-0.15, -0.1) is 0 Å². The maximum atomic E-state index is 6.25. The fraction of sp³-hybridized carbons (Fsp3) is 0.444. The maximum absolute atomic E-state index is 6.25. The first kappa shape index (κ1) is 16.2. The van der Waals surface area contributed by atoms with Crippen molar-refractivity contribution in [3.05, 3.63) is 52.9 Å². The highest BCUT2D eigenvalue weighted by Crippen LogP contribution is 2.22. The van der Waals surface area contributed by atoms with E-state index in [1.807, 2.05) is 19.1 Å². The molecule has 1 N–H and O–H groups in total. The van der Waals surface area contributed by atoms with Gasteiger partial charge < -0.3 is 5.32 Å². The molecule has 1 aliphatic heterocycles. The van der Waals surface area contributed by atoms with E-state index in [1.165, 1.54) is 18.4 Å². The number of benzene rings is 1. The van der Waals surface area contributed by atoms with Crippen LogP contribution in [0.2, 0.25) is 5.02 Å². The number of anilines is 1. The number of rotatable bonds is 5. The van der Waals surface area contributed by atoms with Crippen LogP contribution in [-0.4, -0.2) is 34.5 Å². The predicted octanol–water partition coefficient (Wildman–Crippen LogP) is 3.76. The van der Waals surface area contributed by atoms with E-state index in [9.17, 15) is 0 Å². The van der Waals surface area contributed by atoms with Gasteiger partial charge in [-0.05, 0) is 50.4 Å². The maximum Gasteiger partial charge on any atom is 0.144 e. The Kier molecular flexibility index (Phi) is 5.47. The molecule has 0 unspecified atom stereocenters. The van der Waals surface area contributed by atoms with Crippen LogP contribution in [0.15, 0.2) is 36.7 Å². The van der Waals surface area contributed by atoms with Gasteiger partial charge in [0.1, 0.15) is 5.82 Å². The van der Waals surface area contributed by atoms with Crippen LogP contribution >= 0.6 is 11.6 Å². The van der Waals surface area contributed by atoms with Crippen molar-refractivity contribution in [2.45, 2.75) is 26.3 Å². The summed E-state index contributed by atoms with van der Waals surface area (Å²) >= 11 is 6.25. The van der Waals surface area contributed by atoms with Crippen molar-refractivity contribution in [3.63, 3.8) is 0 Å². The fourth-order valence-electron chi connectivity index (χ4n) is 3.01. The van der Waals surface area contributed by atoms with E-state index in [1.54, 1.807) is 12.4 Å². The average Bonchev–Trinajstić information content (AvgIpc) is 2.56. The van der Waals surface area contributed by atoms with Crippen LogP contribution < -0.4 is 5.32 Å². The number of hydrogen-bond acceptors (Lipinski definition) is 4. The third-order valence-electron chi connectivity index (χ3n) is 4.39. The number of hydrogen-bond donors (Lipinski definition) is 1. The Balaban J connectivity index is 1.44. The summed E-state index contributed by atoms with van der Waals surface area (Å²) in [6.45, 7) is 6.13. The number of nitrogens with zero attached hydrogens (tertiary/aromatic N) is 3. The van der Waals surface area contributed by atoms with Crippen molar-refractivity contribution < 1.29 is 0 Å². The van der Waals surface area contributed by atoms with Crippen LogP contribution in [0.1, 0.15) is 24.1 Å². The molecule has 23 heavy (non-hydrogen) atoms. The second-order valence-corrected chi connectivity index (χ2v) is 6.64. The molecule has 1 aliphatic rings. The molecule has 0 bridgehead atoms. The summed E-state index contributed by atoms with van der Waals surface area (Å²) in [5.74, 6) is 1.57. The highest BCUT2D eigenvalue weighted by atomic mass is 35.5. The summed E-state index contributed by atoms with van der Waals surface area (Å²) in [4.78, 5) is 11.1. The molecular formula is C18H23ClN4. The molecule has 2 aromatic rings. The normalized spacial score (nSPS) is 16.4. The Morgan fingerprint density at radius 3 is 2.74 bits per heavy atom. The minimum Gasteiger partial charge on any atom is -0.369 e. The highest BCUT2D eigenvalue weighted by Gasteiger charge is 2.19. The molecule has 3 rings (SSSR count). The smallest absolute Gasteiger partial charge is 0.144 e. The van der Waals surface area contributed by atoms with Crippen molar-refractivity contribution in [3.8, 4) is 0 Å². The van der Waals surface area contributed by atoms with E-state index in [2.05, 4.69) is 32.3 Å². The Morgan fingerprint density at radius 2 is 2.00 bits per heavy atom. The molecule has 0 saturated carbocycles. The van der Waals surface area contributed by atoms with Gasteiger partial charge >= 0.3 is 0 Å². The lowest BCUT2D eigenvalue weighted by Gasteiger charge is -2.32. The molecule has 5 heteroatoms. The van der Waals surface area contributed by atoms with E-state index < -0.39 is 0 Å². The summed E-state index contributed by atoms with van der Waals surface area (Å²) in [7, 11) is 0. The molecule has 1 aromatic carbocycles. The zero-order valence-electron chi connectivity index (χ0n) is 13.5. The minimum absolute atomic E-state index is 0.694. The lowest BCUT2D eigenvalue weighted by atomic mass is 9.96. The SMILES string of the molecule is Cc1cncc(NCC2CCN(Cc3ccccc3Cl)CC2)n1. The zero-order valence-corrected chi connectivity index (χ0v) is 14.3. The molecule has 1 aromatic heterocycles. The molecule has 0 atom stereocenters. The summed E-state index contributed by atoms with van der Waals surface area (Å²) in [5.41, 5.74) is 2.17. The summed E-state index contributed by atoms with van der Waals surface area (Å²) in [5, 5.41) is 4.29. The van der Waals surface area contributed by atoms with Crippen LogP contribution in [0.25, 0.3) is 0 Å². The Hall–Kier alpha value is -1.65. The number of halogens is 1. The van der Waals surface area contributed by atoms with Crippen molar-refractivity contribution in [2.24, 2.45) is 5.92 Å². The largest absolute Gasteiger partial charge is 0.369 e. The Labute approximate surface area is 142 Å². The first-order chi connectivity index (χ1) is 11.2. The third kappa shape index (κ3) is 4.66. The van der Waals surface area contributed by atoms with Crippen molar-refractivity contribution in [1.82, 2.24) is 14.9 Å². The number of aromatic nitrogens is 2. The van der Waals surface area contributed by atoms with Gasteiger partial charge in [0, 0.05) is 24.3 Å². The molecule has 1 fully saturated rings. The summed E-state index contributed by atoms with van der Waals surface area (Å²) < 4.78 is 0. The zero-order chi connectivity index (χ0) is 16.1. The molecule has 0 aliphatic carbocycles. The summed E-state index contributed by atoms with van der Waals surface area (Å²) in [6, 6.07) is 8.13. The molecule has 122 valence electrons. The standard InChI is InChI=1S/C18H23ClN4/c1-14-10-20-12-18(22-14)21-11-15-6-8-23(9-7-15)13-16-4-2-3-5-17(16)19/h2-5,10,12,15H,6-9,11,13H2,1H3,(H,21,22). The third-order valence-corrected chi connectivity index (χ3v) is 4.75. The lowest BCUT2D eigenvalue weighted by Crippen LogP contribution is -2.35. The van der Waals surface area contributed by atoms with Crippen molar-refractivity contribution in [1.29, 1.82) is 0 Å². The second-order valence-electron chi connectivity index (χ2n) is 6.24. The topological polar surface area (TPSA) is 41.1 Å². The van der Waals surface area contributed by atoms with Gasteiger partial charge in [-0.3, -0.25) is 9.88 Å². The van der Waals surface area contributed by atoms with Gasteiger partial charge in [0.25, 0.3) is 0 Å². The van der Waals surface area contributed by atoms with Crippen LogP contribution in [-0.2, 0) is 6.54 Å². The Morgan fingerprint density at radius 1 is 1.22 bits per heavy atom. The van der Waals surface area contributed by atoms with Gasteiger partial charge in [0.2, 0.25) is 0 Å². The van der Waals surface area contributed by atoms with Crippen LogP contribution in [0.3, 0.4) is 0 Å². The van der Waals surface area contributed by atoms with E-state index in [0.29, 0.717) is 5.92 Å². The first-order valence-corrected chi connectivity index (χ1v) is 8.57. The quantitative estimate of drug-likeness (QED) is 0.906. The molecule has 0 radical (unpaired) electrons. The van der Waals surface area contributed by atoms with Crippen molar-refractivity contribution >= 4 is 17.4 Å². The molecule has 0 amide bonds. The molecule has 0 spiro atoms. The van der Waals surface area contributed by atoms with E-state index >= 15 is 0 Å². The highest BCUT2D eigenvalue weighted by molar-refractivity contribution is 6.31. The predicted molar refractivity (Wildman–Crippen MR) is 94.7 cm³/mol. The van der Waals surface area contributed by atoms with E-state index in [4.69, 9.17) is 11.6 Å². The molecule has 2 heterocycles. The van der Waals surface area contributed by atoms with Crippen LogP contribution in [0.4, 0.5) is 5.82 Å². The number of nitrogens with one attached hydrogen (secondary N) is 1. The van der Waals surface area contributed by atoms with Gasteiger partial charge in [0.15, 0.2) is 0 Å². The van der Waals surface area contributed by atoms with Crippen LogP contribution in [0.5, 0.6) is 0 Å². The summed E-state index contributed by atoms with van der Waals surface area (Å²) in [6.07, 6.45) is 5.98. The van der Waals surface area contributed by atoms with Crippen molar-refractivity contribution in [2.75, 3.05) is 25.0 Å². The van der Waals surface area contributed by atoms with Gasteiger partial charge in [-0.2, -0.15) is 0 Å². The Bertz CT molecular complexity index is 638. The van der Waals surface area contributed by atoms with Gasteiger partial charge in [-0.25, -0.2) is 4.98 Å².